The van der Waals surface area contributed by atoms with Crippen LogP contribution in [0.1, 0.15) is 5.56 Å². The van der Waals surface area contributed by atoms with Gasteiger partial charge >= 0.3 is 5.97 Å². The molecule has 2 aromatic carbocycles. The molecule has 19 heavy (non-hydrogen) atoms. The van der Waals surface area contributed by atoms with Gasteiger partial charge in [-0.2, -0.15) is 0 Å². The number of rotatable bonds is 5. The van der Waals surface area contributed by atoms with Crippen LogP contribution in [-0.4, -0.2) is 17.1 Å². The number of anilines is 1. The smallest absolute Gasteiger partial charge is 0.326 e. The van der Waals surface area contributed by atoms with Gasteiger partial charge in [-0.3, -0.25) is 0 Å². The molecule has 4 heteroatoms. The third-order valence-electron chi connectivity index (χ3n) is 2.70. The highest BCUT2D eigenvalue weighted by Gasteiger charge is 2.17. The molecule has 1 atom stereocenters. The Bertz CT molecular complexity index is 461. The first-order chi connectivity index (χ1) is 8.75. The molecule has 2 rings (SSSR count). The monoisotopic (exact) mass is 277 g/mol. The third-order valence-corrected chi connectivity index (χ3v) is 2.70. The van der Waals surface area contributed by atoms with Crippen LogP contribution in [0.3, 0.4) is 0 Å². The molecule has 0 heterocycles. The van der Waals surface area contributed by atoms with Crippen LogP contribution in [0.4, 0.5) is 5.69 Å². The Balaban J connectivity index is 0.00000180. The molecule has 0 aliphatic heterocycles. The molecular formula is C15H16ClNO2. The van der Waals surface area contributed by atoms with Crippen molar-refractivity contribution in [1.82, 2.24) is 0 Å². The van der Waals surface area contributed by atoms with Crippen LogP contribution >= 0.6 is 12.4 Å². The Kier molecular flexibility index (Phi) is 5.90. The molecule has 1 unspecified atom stereocenters. The van der Waals surface area contributed by atoms with Crippen molar-refractivity contribution in [3.63, 3.8) is 0 Å². The number of nitrogens with one attached hydrogen (secondary N) is 1. The van der Waals surface area contributed by atoms with E-state index in [9.17, 15) is 9.90 Å². The van der Waals surface area contributed by atoms with Gasteiger partial charge < -0.3 is 10.4 Å². The second kappa shape index (κ2) is 7.44. The van der Waals surface area contributed by atoms with Crippen molar-refractivity contribution in [2.24, 2.45) is 0 Å². The molecule has 0 saturated carbocycles. The molecule has 2 aromatic rings. The second-order valence-electron chi connectivity index (χ2n) is 4.09. The van der Waals surface area contributed by atoms with Crippen LogP contribution in [0.5, 0.6) is 0 Å². The molecule has 3 nitrogen and oxygen atoms in total. The molecular weight excluding hydrogens is 262 g/mol. The van der Waals surface area contributed by atoms with Crippen molar-refractivity contribution >= 4 is 24.1 Å². The van der Waals surface area contributed by atoms with E-state index in [0.717, 1.165) is 11.3 Å². The number of halogens is 1. The highest BCUT2D eigenvalue weighted by atomic mass is 35.5. The van der Waals surface area contributed by atoms with Crippen LogP contribution in [0, 0.1) is 0 Å². The number of aliphatic carboxylic acids is 1. The SMILES string of the molecule is Cl.O=C(O)C(Cc1ccccc1)Nc1ccccc1. The molecule has 0 bridgehead atoms. The summed E-state index contributed by atoms with van der Waals surface area (Å²) in [6, 6.07) is 18.4. The van der Waals surface area contributed by atoms with Crippen molar-refractivity contribution in [3.05, 3.63) is 66.2 Å². The summed E-state index contributed by atoms with van der Waals surface area (Å²) >= 11 is 0. The predicted molar refractivity (Wildman–Crippen MR) is 78.9 cm³/mol. The Morgan fingerprint density at radius 1 is 1.00 bits per heavy atom. The van der Waals surface area contributed by atoms with Gasteiger partial charge in [0, 0.05) is 12.1 Å². The molecule has 0 amide bonds. The zero-order valence-electron chi connectivity index (χ0n) is 10.3. The fourth-order valence-electron chi connectivity index (χ4n) is 1.79. The summed E-state index contributed by atoms with van der Waals surface area (Å²) in [6.45, 7) is 0. The molecule has 0 aliphatic rings. The predicted octanol–water partition coefficient (Wildman–Crippen LogP) is 3.22. The van der Waals surface area contributed by atoms with Gasteiger partial charge in [0.05, 0.1) is 0 Å². The van der Waals surface area contributed by atoms with E-state index in [0.29, 0.717) is 6.42 Å². The van der Waals surface area contributed by atoms with Crippen LogP contribution in [0.25, 0.3) is 0 Å². The van der Waals surface area contributed by atoms with Gasteiger partial charge in [-0.25, -0.2) is 4.79 Å². The summed E-state index contributed by atoms with van der Waals surface area (Å²) in [7, 11) is 0. The maximum Gasteiger partial charge on any atom is 0.326 e. The number of carboxylic acid groups (broad SMARTS) is 1. The molecule has 0 aromatic heterocycles. The van der Waals surface area contributed by atoms with E-state index in [4.69, 9.17) is 0 Å². The van der Waals surface area contributed by atoms with E-state index in [1.807, 2.05) is 60.7 Å². The quantitative estimate of drug-likeness (QED) is 0.882. The minimum atomic E-state index is -0.845. The fraction of sp³-hybridized carbons (Fsp3) is 0.133. The fourth-order valence-corrected chi connectivity index (χ4v) is 1.79. The van der Waals surface area contributed by atoms with Gasteiger partial charge in [0.1, 0.15) is 6.04 Å². The van der Waals surface area contributed by atoms with Gasteiger partial charge in [-0.1, -0.05) is 48.5 Å². The van der Waals surface area contributed by atoms with E-state index in [1.165, 1.54) is 0 Å². The highest BCUT2D eigenvalue weighted by molar-refractivity contribution is 5.85. The molecule has 0 radical (unpaired) electrons. The Hall–Kier alpha value is -2.00. The molecule has 0 aliphatic carbocycles. The second-order valence-corrected chi connectivity index (χ2v) is 4.09. The molecule has 100 valence electrons. The standard InChI is InChI=1S/C15H15NO2.ClH/c17-15(18)14(11-12-7-3-1-4-8-12)16-13-9-5-2-6-10-13;/h1-10,14,16H,11H2,(H,17,18);1H. The third kappa shape index (κ3) is 4.64. The summed E-state index contributed by atoms with van der Waals surface area (Å²) in [5.74, 6) is -0.845. The number of hydrogen-bond donors (Lipinski definition) is 2. The lowest BCUT2D eigenvalue weighted by Gasteiger charge is -2.15. The summed E-state index contributed by atoms with van der Waals surface area (Å²) < 4.78 is 0. The first-order valence-electron chi connectivity index (χ1n) is 5.84. The summed E-state index contributed by atoms with van der Waals surface area (Å²) in [5, 5.41) is 12.3. The van der Waals surface area contributed by atoms with Crippen LogP contribution in [0.15, 0.2) is 60.7 Å². The van der Waals surface area contributed by atoms with Crippen LogP contribution in [0.2, 0.25) is 0 Å². The first-order valence-corrected chi connectivity index (χ1v) is 5.84. The lowest BCUT2D eigenvalue weighted by atomic mass is 10.1. The largest absolute Gasteiger partial charge is 0.480 e. The van der Waals surface area contributed by atoms with Crippen LogP contribution in [-0.2, 0) is 11.2 Å². The lowest BCUT2D eigenvalue weighted by molar-refractivity contribution is -0.137. The van der Waals surface area contributed by atoms with E-state index < -0.39 is 12.0 Å². The summed E-state index contributed by atoms with van der Waals surface area (Å²) in [5.41, 5.74) is 1.83. The Morgan fingerprint density at radius 2 is 1.53 bits per heavy atom. The van der Waals surface area contributed by atoms with Gasteiger partial charge in [0.25, 0.3) is 0 Å². The van der Waals surface area contributed by atoms with Crippen molar-refractivity contribution in [2.75, 3.05) is 5.32 Å². The van der Waals surface area contributed by atoms with Crippen molar-refractivity contribution in [1.29, 1.82) is 0 Å². The van der Waals surface area contributed by atoms with Crippen molar-refractivity contribution < 1.29 is 9.90 Å². The average Bonchev–Trinajstić information content (AvgIpc) is 2.40. The van der Waals surface area contributed by atoms with E-state index >= 15 is 0 Å². The molecule has 2 N–H and O–H groups in total. The summed E-state index contributed by atoms with van der Waals surface area (Å²) in [4.78, 5) is 11.2. The normalized spacial score (nSPS) is 11.2. The zero-order chi connectivity index (χ0) is 12.8. The minimum absolute atomic E-state index is 0. The number of carbonyl (C=O) groups is 1. The summed E-state index contributed by atoms with van der Waals surface area (Å²) in [6.07, 6.45) is 0.463. The van der Waals surface area contributed by atoms with Crippen molar-refractivity contribution in [2.45, 2.75) is 12.5 Å². The van der Waals surface area contributed by atoms with Crippen LogP contribution < -0.4 is 5.32 Å². The number of para-hydroxylation sites is 1. The van der Waals surface area contributed by atoms with E-state index in [-0.39, 0.29) is 12.4 Å². The van der Waals surface area contributed by atoms with E-state index in [1.54, 1.807) is 0 Å². The number of hydrogen-bond acceptors (Lipinski definition) is 2. The van der Waals surface area contributed by atoms with Gasteiger partial charge in [-0.15, -0.1) is 12.4 Å². The number of carboxylic acids is 1. The topological polar surface area (TPSA) is 49.3 Å². The zero-order valence-corrected chi connectivity index (χ0v) is 11.1. The average molecular weight is 278 g/mol. The highest BCUT2D eigenvalue weighted by Crippen LogP contribution is 2.11. The maximum absolute atomic E-state index is 11.2. The van der Waals surface area contributed by atoms with Gasteiger partial charge in [0.2, 0.25) is 0 Å². The van der Waals surface area contributed by atoms with E-state index in [2.05, 4.69) is 5.32 Å². The van der Waals surface area contributed by atoms with Crippen molar-refractivity contribution in [3.8, 4) is 0 Å². The first kappa shape index (κ1) is 15.1. The maximum atomic E-state index is 11.2. The lowest BCUT2D eigenvalue weighted by Crippen LogP contribution is -2.31. The van der Waals surface area contributed by atoms with Gasteiger partial charge in [-0.05, 0) is 17.7 Å². The Morgan fingerprint density at radius 3 is 2.05 bits per heavy atom. The number of benzene rings is 2. The minimum Gasteiger partial charge on any atom is -0.480 e. The Labute approximate surface area is 118 Å². The molecule has 0 spiro atoms. The molecule has 0 saturated heterocycles. The molecule has 0 fully saturated rings. The van der Waals surface area contributed by atoms with Gasteiger partial charge in [0.15, 0.2) is 0 Å².